The predicted molar refractivity (Wildman–Crippen MR) is 124 cm³/mol. The summed E-state index contributed by atoms with van der Waals surface area (Å²) in [5, 5.41) is 6.57. The van der Waals surface area contributed by atoms with Crippen LogP contribution in [-0.4, -0.2) is 53.3 Å². The molecule has 1 fully saturated rings. The number of carbonyl (C=O) groups is 3. The van der Waals surface area contributed by atoms with Crippen molar-refractivity contribution >= 4 is 28.6 Å². The van der Waals surface area contributed by atoms with Gasteiger partial charge in [0.1, 0.15) is 11.2 Å². The van der Waals surface area contributed by atoms with Gasteiger partial charge in [-0.3, -0.25) is 14.4 Å². The van der Waals surface area contributed by atoms with E-state index in [9.17, 15) is 14.4 Å². The third-order valence-electron chi connectivity index (χ3n) is 6.16. The number of aromatic nitrogens is 1. The maximum absolute atomic E-state index is 13.0. The molecule has 0 saturated carbocycles. The van der Waals surface area contributed by atoms with Crippen molar-refractivity contribution in [1.82, 2.24) is 20.5 Å². The second-order valence-electron chi connectivity index (χ2n) is 8.55. The second-order valence-corrected chi connectivity index (χ2v) is 8.55. The van der Waals surface area contributed by atoms with Crippen LogP contribution in [0, 0.1) is 13.8 Å². The molecule has 32 heavy (non-hydrogen) atoms. The van der Waals surface area contributed by atoms with Gasteiger partial charge in [0.05, 0.1) is 0 Å². The number of piperidine rings is 1. The first-order chi connectivity index (χ1) is 15.3. The second kappa shape index (κ2) is 8.49. The lowest BCUT2D eigenvalue weighted by Gasteiger charge is -2.40. The average Bonchev–Trinajstić information content (AvgIpc) is 3.22. The molecular weight excluding hydrogens is 404 g/mol. The first-order valence-corrected chi connectivity index (χ1v) is 10.8. The molecule has 1 aliphatic heterocycles. The van der Waals surface area contributed by atoms with Gasteiger partial charge in [-0.1, -0.05) is 35.4 Å². The highest BCUT2D eigenvalue weighted by Crippen LogP contribution is 2.26. The topological polar surface area (TPSA) is 94.3 Å². The van der Waals surface area contributed by atoms with Crippen LogP contribution in [0.15, 0.2) is 48.5 Å². The number of carbonyl (C=O) groups excluding carboxylic acids is 3. The van der Waals surface area contributed by atoms with E-state index in [1.54, 1.807) is 18.0 Å². The Kier molecular flexibility index (Phi) is 5.74. The number of H-pyrrole nitrogens is 1. The number of aryl methyl sites for hydroxylation is 2. The average molecular weight is 433 g/mol. The van der Waals surface area contributed by atoms with Crippen LogP contribution < -0.4 is 10.6 Å². The van der Waals surface area contributed by atoms with E-state index in [2.05, 4.69) is 15.6 Å². The summed E-state index contributed by atoms with van der Waals surface area (Å²) in [4.78, 5) is 43.7. The number of likely N-dealkylation sites (tertiary alicyclic amines) is 1. The highest BCUT2D eigenvalue weighted by atomic mass is 16.2. The van der Waals surface area contributed by atoms with Gasteiger partial charge in [-0.05, 0) is 51.0 Å². The first kappa shape index (κ1) is 21.6. The zero-order valence-corrected chi connectivity index (χ0v) is 18.6. The summed E-state index contributed by atoms with van der Waals surface area (Å²) < 4.78 is 0. The van der Waals surface area contributed by atoms with Gasteiger partial charge in [0.25, 0.3) is 11.8 Å². The van der Waals surface area contributed by atoms with Gasteiger partial charge in [-0.25, -0.2) is 0 Å². The Balaban J connectivity index is 1.51. The standard InChI is InChI=1S/C25H28N4O3/c1-16-12-17(2)14-19(13-16)23(31)29-10-8-25(9-11-29,24(32)26-3)28-22(30)21-15-18-6-4-5-7-20(18)27-21/h4-7,12-15,27H,8-11H2,1-3H3,(H,26,32)(H,28,30). The maximum atomic E-state index is 13.0. The molecule has 4 rings (SSSR count). The summed E-state index contributed by atoms with van der Waals surface area (Å²) in [6, 6.07) is 15.2. The Morgan fingerprint density at radius 2 is 1.62 bits per heavy atom. The molecule has 0 atom stereocenters. The number of para-hydroxylation sites is 1. The Hall–Kier alpha value is -3.61. The Labute approximate surface area is 187 Å². The van der Waals surface area contributed by atoms with Crippen LogP contribution in [0.4, 0.5) is 0 Å². The highest BCUT2D eigenvalue weighted by molar-refractivity contribution is 6.01. The van der Waals surface area contributed by atoms with E-state index in [-0.39, 0.29) is 17.7 Å². The minimum atomic E-state index is -1.07. The van der Waals surface area contributed by atoms with Gasteiger partial charge in [0.2, 0.25) is 5.91 Å². The molecule has 0 bridgehead atoms. The quantitative estimate of drug-likeness (QED) is 0.592. The summed E-state index contributed by atoms with van der Waals surface area (Å²) in [5.74, 6) is -0.636. The number of benzene rings is 2. The zero-order chi connectivity index (χ0) is 22.9. The summed E-state index contributed by atoms with van der Waals surface area (Å²) >= 11 is 0. The molecule has 7 nitrogen and oxygen atoms in total. The summed E-state index contributed by atoms with van der Waals surface area (Å²) in [5.41, 5.74) is 2.93. The lowest BCUT2D eigenvalue weighted by molar-refractivity contribution is -0.128. The number of rotatable bonds is 4. The minimum absolute atomic E-state index is 0.0516. The molecule has 1 saturated heterocycles. The molecule has 3 amide bonds. The molecular formula is C25H28N4O3. The summed E-state index contributed by atoms with van der Waals surface area (Å²) in [6.07, 6.45) is 0.685. The number of amides is 3. The summed E-state index contributed by atoms with van der Waals surface area (Å²) in [6.45, 7) is 4.70. The summed E-state index contributed by atoms with van der Waals surface area (Å²) in [7, 11) is 1.56. The molecule has 1 aromatic heterocycles. The van der Waals surface area contributed by atoms with Crippen LogP contribution in [0.1, 0.15) is 44.8 Å². The molecule has 1 aliphatic rings. The first-order valence-electron chi connectivity index (χ1n) is 10.8. The maximum Gasteiger partial charge on any atom is 0.268 e. The third-order valence-corrected chi connectivity index (χ3v) is 6.16. The van der Waals surface area contributed by atoms with Crippen molar-refractivity contribution in [2.45, 2.75) is 32.2 Å². The lowest BCUT2D eigenvalue weighted by Crippen LogP contribution is -2.63. The Morgan fingerprint density at radius 1 is 0.969 bits per heavy atom. The number of hydrogen-bond acceptors (Lipinski definition) is 3. The van der Waals surface area contributed by atoms with Crippen molar-refractivity contribution in [2.75, 3.05) is 20.1 Å². The van der Waals surface area contributed by atoms with Crippen molar-refractivity contribution in [3.05, 3.63) is 70.9 Å². The SMILES string of the molecule is CNC(=O)C1(NC(=O)c2cc3ccccc3[nH]2)CCN(C(=O)c2cc(C)cc(C)c2)CC1. The van der Waals surface area contributed by atoms with E-state index in [0.717, 1.165) is 22.0 Å². The van der Waals surface area contributed by atoms with E-state index >= 15 is 0 Å². The minimum Gasteiger partial charge on any atom is -0.357 e. The molecule has 0 radical (unpaired) electrons. The molecule has 0 unspecified atom stereocenters. The van der Waals surface area contributed by atoms with Gasteiger partial charge >= 0.3 is 0 Å². The zero-order valence-electron chi connectivity index (χ0n) is 18.6. The normalized spacial score (nSPS) is 15.4. The van der Waals surface area contributed by atoms with Crippen molar-refractivity contribution in [1.29, 1.82) is 0 Å². The number of hydrogen-bond donors (Lipinski definition) is 3. The van der Waals surface area contributed by atoms with E-state index in [0.29, 0.717) is 37.2 Å². The lowest BCUT2D eigenvalue weighted by atomic mass is 9.85. The van der Waals surface area contributed by atoms with Gasteiger partial charge in [0, 0.05) is 36.6 Å². The molecule has 2 heterocycles. The van der Waals surface area contributed by atoms with Crippen molar-refractivity contribution in [3.8, 4) is 0 Å². The number of fused-ring (bicyclic) bond motifs is 1. The molecule has 166 valence electrons. The Bertz CT molecular complexity index is 1140. The van der Waals surface area contributed by atoms with Gasteiger partial charge in [-0.2, -0.15) is 0 Å². The fourth-order valence-corrected chi connectivity index (χ4v) is 4.50. The van der Waals surface area contributed by atoms with Crippen molar-refractivity contribution in [3.63, 3.8) is 0 Å². The molecule has 7 heteroatoms. The van der Waals surface area contributed by atoms with Crippen LogP contribution >= 0.6 is 0 Å². The van der Waals surface area contributed by atoms with Crippen LogP contribution in [0.3, 0.4) is 0 Å². The fourth-order valence-electron chi connectivity index (χ4n) is 4.50. The van der Waals surface area contributed by atoms with Gasteiger partial charge in [0.15, 0.2) is 0 Å². The van der Waals surface area contributed by atoms with E-state index in [1.165, 1.54) is 0 Å². The molecule has 2 aromatic carbocycles. The fraction of sp³-hybridized carbons (Fsp3) is 0.320. The van der Waals surface area contributed by atoms with E-state index < -0.39 is 5.54 Å². The monoisotopic (exact) mass is 432 g/mol. The number of aromatic amines is 1. The van der Waals surface area contributed by atoms with E-state index in [1.807, 2.05) is 56.3 Å². The van der Waals surface area contributed by atoms with Gasteiger partial charge < -0.3 is 20.5 Å². The van der Waals surface area contributed by atoms with E-state index in [4.69, 9.17) is 0 Å². The number of nitrogens with one attached hydrogen (secondary N) is 3. The van der Waals surface area contributed by atoms with Crippen molar-refractivity contribution in [2.24, 2.45) is 0 Å². The van der Waals surface area contributed by atoms with Crippen LogP contribution in [-0.2, 0) is 4.79 Å². The third kappa shape index (κ3) is 4.10. The van der Waals surface area contributed by atoms with Crippen LogP contribution in [0.2, 0.25) is 0 Å². The molecule has 0 spiro atoms. The largest absolute Gasteiger partial charge is 0.357 e. The number of likely N-dealkylation sites (N-methyl/N-ethyl adjacent to an activating group) is 1. The van der Waals surface area contributed by atoms with Gasteiger partial charge in [-0.15, -0.1) is 0 Å². The van der Waals surface area contributed by atoms with Crippen LogP contribution in [0.25, 0.3) is 10.9 Å². The highest BCUT2D eigenvalue weighted by Gasteiger charge is 2.43. The Morgan fingerprint density at radius 3 is 2.25 bits per heavy atom. The predicted octanol–water partition coefficient (Wildman–Crippen LogP) is 2.94. The molecule has 3 aromatic rings. The van der Waals surface area contributed by atoms with Crippen molar-refractivity contribution < 1.29 is 14.4 Å². The molecule has 0 aliphatic carbocycles. The smallest absolute Gasteiger partial charge is 0.268 e. The number of nitrogens with zero attached hydrogens (tertiary/aromatic N) is 1. The molecule has 3 N–H and O–H groups in total. The van der Waals surface area contributed by atoms with Crippen LogP contribution in [0.5, 0.6) is 0 Å².